The Kier molecular flexibility index (Phi) is 2.26. The van der Waals surface area contributed by atoms with Crippen LogP contribution in [0.15, 0.2) is 0 Å². The van der Waals surface area contributed by atoms with E-state index in [0.717, 1.165) is 32.1 Å². The minimum absolute atomic E-state index is 0.0799. The van der Waals surface area contributed by atoms with Gasteiger partial charge in [0.05, 0.1) is 0 Å². The molecular weight excluding hydrogens is 180 g/mol. The Balaban J connectivity index is 2.10. The molecule has 2 bridgehead atoms. The van der Waals surface area contributed by atoms with Crippen LogP contribution in [0.2, 0.25) is 0 Å². The second kappa shape index (κ2) is 3.19. The van der Waals surface area contributed by atoms with Crippen molar-refractivity contribution >= 4 is 0 Å². The van der Waals surface area contributed by atoms with Crippen LogP contribution >= 0.6 is 0 Å². The topological polar surface area (TPSA) is 69.2 Å². The average Bonchev–Trinajstić information content (AvgIpc) is 2.17. The molecule has 0 radical (unpaired) electrons. The monoisotopic (exact) mass is 198 g/mol. The van der Waals surface area contributed by atoms with Crippen molar-refractivity contribution in [3.8, 4) is 0 Å². The van der Waals surface area contributed by atoms with Gasteiger partial charge in [0.25, 0.3) is 0 Å². The van der Waals surface area contributed by atoms with Crippen molar-refractivity contribution in [3.05, 3.63) is 10.1 Å². The summed E-state index contributed by atoms with van der Waals surface area (Å²) in [5.74, 6) is 0. The maximum absolute atomic E-state index is 11.0. The molecule has 4 heteroatoms. The molecule has 0 atom stereocenters. The molecule has 0 amide bonds. The van der Waals surface area contributed by atoms with E-state index in [1.165, 1.54) is 6.42 Å². The maximum atomic E-state index is 11.0. The van der Waals surface area contributed by atoms with E-state index in [1.807, 2.05) is 0 Å². The molecule has 0 spiro atoms. The van der Waals surface area contributed by atoms with Crippen LogP contribution in [0.3, 0.4) is 0 Å². The summed E-state index contributed by atoms with van der Waals surface area (Å²) in [4.78, 5) is 10.9. The van der Waals surface area contributed by atoms with Crippen LogP contribution in [0.4, 0.5) is 0 Å². The fraction of sp³-hybridized carbons (Fsp3) is 1.00. The highest BCUT2D eigenvalue weighted by atomic mass is 16.6. The van der Waals surface area contributed by atoms with Gasteiger partial charge in [0.2, 0.25) is 5.54 Å². The van der Waals surface area contributed by atoms with Gasteiger partial charge < -0.3 is 5.73 Å². The van der Waals surface area contributed by atoms with Crippen LogP contribution < -0.4 is 5.73 Å². The van der Waals surface area contributed by atoms with Gasteiger partial charge in [0.1, 0.15) is 0 Å². The molecule has 0 heterocycles. The van der Waals surface area contributed by atoms with Gasteiger partial charge in [-0.25, -0.2) is 0 Å². The van der Waals surface area contributed by atoms with Gasteiger partial charge >= 0.3 is 0 Å². The van der Waals surface area contributed by atoms with E-state index in [2.05, 4.69) is 0 Å². The van der Waals surface area contributed by atoms with E-state index in [-0.39, 0.29) is 10.5 Å². The Bertz CT molecular complexity index is 247. The molecule has 3 aliphatic rings. The molecule has 0 aromatic rings. The normalized spacial score (nSPS) is 42.9. The highest BCUT2D eigenvalue weighted by molar-refractivity contribution is 5.08. The van der Waals surface area contributed by atoms with Crippen molar-refractivity contribution in [2.45, 2.75) is 62.4 Å². The number of hydrogen-bond acceptors (Lipinski definition) is 3. The maximum Gasteiger partial charge on any atom is 0.225 e. The molecule has 14 heavy (non-hydrogen) atoms. The minimum atomic E-state index is -0.654. The average molecular weight is 198 g/mol. The molecule has 80 valence electrons. The van der Waals surface area contributed by atoms with E-state index in [4.69, 9.17) is 5.73 Å². The fourth-order valence-electron chi connectivity index (χ4n) is 3.12. The lowest BCUT2D eigenvalue weighted by Crippen LogP contribution is -2.65. The first-order chi connectivity index (χ1) is 6.56. The van der Waals surface area contributed by atoms with Gasteiger partial charge in [0, 0.05) is 29.7 Å². The van der Waals surface area contributed by atoms with E-state index in [1.54, 1.807) is 0 Å². The first-order valence-electron chi connectivity index (χ1n) is 5.50. The Morgan fingerprint density at radius 3 is 2.21 bits per heavy atom. The van der Waals surface area contributed by atoms with Crippen LogP contribution in [0.25, 0.3) is 0 Å². The van der Waals surface area contributed by atoms with E-state index < -0.39 is 5.54 Å². The van der Waals surface area contributed by atoms with Crippen LogP contribution in [0.1, 0.15) is 51.4 Å². The zero-order valence-corrected chi connectivity index (χ0v) is 8.50. The standard InChI is InChI=1S/C10H18N2O2/c11-9-5-3-1-2-4-6-10(7-9,8-9)12(13)14/h1-8,11H2. The molecule has 3 aliphatic carbocycles. The summed E-state index contributed by atoms with van der Waals surface area (Å²) in [6.07, 6.45) is 7.38. The Hall–Kier alpha value is -0.640. The number of hydrogen-bond donors (Lipinski definition) is 1. The number of nitrogens with two attached hydrogens (primary N) is 1. The summed E-state index contributed by atoms with van der Waals surface area (Å²) in [6.45, 7) is 0. The minimum Gasteiger partial charge on any atom is -0.325 e. The lowest BCUT2D eigenvalue weighted by Gasteiger charge is -2.47. The second-order valence-corrected chi connectivity index (χ2v) is 5.11. The summed E-state index contributed by atoms with van der Waals surface area (Å²) in [5.41, 5.74) is 5.24. The predicted molar refractivity (Wildman–Crippen MR) is 53.6 cm³/mol. The molecule has 0 unspecified atom stereocenters. The van der Waals surface area contributed by atoms with E-state index in [0.29, 0.717) is 12.8 Å². The zero-order chi connectivity index (χ0) is 10.2. The third kappa shape index (κ3) is 1.52. The lowest BCUT2D eigenvalue weighted by atomic mass is 9.60. The first-order valence-corrected chi connectivity index (χ1v) is 5.50. The number of rotatable bonds is 1. The van der Waals surface area contributed by atoms with E-state index in [9.17, 15) is 10.1 Å². The van der Waals surface area contributed by atoms with Crippen molar-refractivity contribution in [2.75, 3.05) is 0 Å². The third-order valence-electron chi connectivity index (χ3n) is 3.82. The highest BCUT2D eigenvalue weighted by Crippen LogP contribution is 2.48. The zero-order valence-electron chi connectivity index (χ0n) is 8.50. The van der Waals surface area contributed by atoms with Gasteiger partial charge in [-0.1, -0.05) is 19.3 Å². The third-order valence-corrected chi connectivity index (χ3v) is 3.82. The first kappa shape index (κ1) is 9.90. The van der Waals surface area contributed by atoms with Crippen molar-refractivity contribution in [2.24, 2.45) is 5.73 Å². The Morgan fingerprint density at radius 2 is 1.64 bits per heavy atom. The quantitative estimate of drug-likeness (QED) is 0.516. The lowest BCUT2D eigenvalue weighted by molar-refractivity contribution is -0.593. The molecule has 4 nitrogen and oxygen atoms in total. The Labute approximate surface area is 84.0 Å². The van der Waals surface area contributed by atoms with Gasteiger partial charge in [-0.15, -0.1) is 0 Å². The van der Waals surface area contributed by atoms with Crippen molar-refractivity contribution in [1.29, 1.82) is 0 Å². The van der Waals surface area contributed by atoms with Gasteiger partial charge in [-0.3, -0.25) is 10.1 Å². The Morgan fingerprint density at radius 1 is 1.07 bits per heavy atom. The van der Waals surface area contributed by atoms with Crippen molar-refractivity contribution in [3.63, 3.8) is 0 Å². The van der Waals surface area contributed by atoms with Crippen LogP contribution in [-0.4, -0.2) is 16.0 Å². The van der Waals surface area contributed by atoms with Crippen LogP contribution in [0, 0.1) is 10.1 Å². The summed E-state index contributed by atoms with van der Waals surface area (Å²) >= 11 is 0. The van der Waals surface area contributed by atoms with Crippen molar-refractivity contribution < 1.29 is 4.92 Å². The molecule has 3 fully saturated rings. The summed E-state index contributed by atoms with van der Waals surface area (Å²) in [6, 6.07) is 0. The van der Waals surface area contributed by atoms with Gasteiger partial charge in [-0.05, 0) is 12.8 Å². The molecule has 0 saturated heterocycles. The van der Waals surface area contributed by atoms with Gasteiger partial charge in [0.15, 0.2) is 0 Å². The highest BCUT2D eigenvalue weighted by Gasteiger charge is 2.60. The number of nitro groups is 1. The SMILES string of the molecule is NC12CCCCCCC([N+](=O)[O-])(C1)C2. The summed E-state index contributed by atoms with van der Waals surface area (Å²) in [5, 5.41) is 11.0. The molecule has 0 aromatic heterocycles. The molecule has 0 aromatic carbocycles. The van der Waals surface area contributed by atoms with Crippen LogP contribution in [-0.2, 0) is 0 Å². The molecule has 0 aliphatic heterocycles. The predicted octanol–water partition coefficient (Wildman–Crippen LogP) is 1.85. The summed E-state index contributed by atoms with van der Waals surface area (Å²) < 4.78 is 0. The molecular formula is C10H18N2O2. The number of fused-ring (bicyclic) bond motifs is 5. The summed E-state index contributed by atoms with van der Waals surface area (Å²) in [7, 11) is 0. The molecule has 3 saturated carbocycles. The molecule has 3 rings (SSSR count). The fourth-order valence-corrected chi connectivity index (χ4v) is 3.12. The van der Waals surface area contributed by atoms with E-state index >= 15 is 0 Å². The smallest absolute Gasteiger partial charge is 0.225 e. The van der Waals surface area contributed by atoms with Crippen LogP contribution in [0.5, 0.6) is 0 Å². The van der Waals surface area contributed by atoms with Gasteiger partial charge in [-0.2, -0.15) is 0 Å². The second-order valence-electron chi connectivity index (χ2n) is 5.11. The van der Waals surface area contributed by atoms with Crippen molar-refractivity contribution in [1.82, 2.24) is 0 Å². The largest absolute Gasteiger partial charge is 0.325 e. The molecule has 2 N–H and O–H groups in total. The number of nitrogens with zero attached hydrogens (tertiary/aromatic N) is 1.